The Balaban J connectivity index is 1.35. The molecule has 0 bridgehead atoms. The summed E-state index contributed by atoms with van der Waals surface area (Å²) in [4.78, 5) is 26.9. The molecule has 3 aromatic carbocycles. The topological polar surface area (TPSA) is 109 Å². The van der Waals surface area contributed by atoms with Crippen molar-refractivity contribution in [2.45, 2.75) is 43.0 Å². The summed E-state index contributed by atoms with van der Waals surface area (Å²) in [5.74, 6) is 2.76. The highest BCUT2D eigenvalue weighted by molar-refractivity contribution is 14.1. The fourth-order valence-electron chi connectivity index (χ4n) is 5.34. The number of para-hydroxylation sites is 1. The summed E-state index contributed by atoms with van der Waals surface area (Å²) in [6, 6.07) is 23.2. The van der Waals surface area contributed by atoms with Crippen molar-refractivity contribution in [2.75, 3.05) is 17.6 Å². The summed E-state index contributed by atoms with van der Waals surface area (Å²) in [7, 11) is -3.19. The van der Waals surface area contributed by atoms with Crippen LogP contribution in [0, 0.1) is 5.41 Å². The van der Waals surface area contributed by atoms with Crippen molar-refractivity contribution < 1.29 is 22.8 Å². The fraction of sp³-hybridized carbons (Fsp3) is 0.256. The van der Waals surface area contributed by atoms with Crippen LogP contribution < -0.4 is 10.6 Å². The molecule has 0 spiro atoms. The van der Waals surface area contributed by atoms with Gasteiger partial charge in [-0.1, -0.05) is 133 Å². The van der Waals surface area contributed by atoms with Crippen LogP contribution in [0.1, 0.15) is 50.7 Å². The number of anilines is 1. The number of halogens is 2. The van der Waals surface area contributed by atoms with Crippen molar-refractivity contribution in [1.29, 1.82) is 0 Å². The maximum atomic E-state index is 14.0. The SMILES string of the molecule is C=S(=O)(O)CCNC(=O)C1(I)C=CC(CC(C(=O)Nc2ccc(-c3cc4ccccc4o3)cc2Cl)c2ccc(/C=C/C(C)(C)C)cc2)=CC1. The van der Waals surface area contributed by atoms with E-state index in [1.165, 1.54) is 0 Å². The number of amides is 2. The normalized spacial score (nSPS) is 18.2. The van der Waals surface area contributed by atoms with Crippen molar-refractivity contribution in [3.63, 3.8) is 0 Å². The summed E-state index contributed by atoms with van der Waals surface area (Å²) in [5, 5.41) is 7.17. The Morgan fingerprint density at radius 3 is 2.49 bits per heavy atom. The maximum Gasteiger partial charge on any atom is 0.240 e. The number of hydrogen-bond donors (Lipinski definition) is 3. The van der Waals surface area contributed by atoms with Crippen molar-refractivity contribution in [1.82, 2.24) is 5.32 Å². The Bertz CT molecular complexity index is 2030. The number of benzene rings is 3. The van der Waals surface area contributed by atoms with Gasteiger partial charge in [-0.2, -0.15) is 0 Å². The van der Waals surface area contributed by atoms with Gasteiger partial charge in [-0.25, -0.2) is 4.21 Å². The van der Waals surface area contributed by atoms with E-state index in [9.17, 15) is 18.4 Å². The predicted octanol–water partition coefficient (Wildman–Crippen LogP) is 9.29. The first-order valence-corrected chi connectivity index (χ1v) is 19.2. The Morgan fingerprint density at radius 2 is 1.86 bits per heavy atom. The van der Waals surface area contributed by atoms with Gasteiger partial charge in [0.15, 0.2) is 0 Å². The molecule has 4 aromatic rings. The minimum atomic E-state index is -3.19. The van der Waals surface area contributed by atoms with Crippen LogP contribution in [-0.2, 0) is 19.4 Å². The van der Waals surface area contributed by atoms with E-state index >= 15 is 0 Å². The van der Waals surface area contributed by atoms with Gasteiger partial charge in [0, 0.05) is 17.5 Å². The number of carbonyl (C=O) groups excluding carboxylic acids is 2. The van der Waals surface area contributed by atoms with E-state index in [0.717, 1.165) is 33.2 Å². The van der Waals surface area contributed by atoms with Crippen LogP contribution >= 0.6 is 34.2 Å². The number of hydrogen-bond acceptors (Lipinski definition) is 4. The molecule has 1 heterocycles. The minimum Gasteiger partial charge on any atom is -0.456 e. The summed E-state index contributed by atoms with van der Waals surface area (Å²) in [6.07, 6.45) is 10.7. The number of nitrogens with one attached hydrogen (secondary N) is 2. The molecule has 0 fully saturated rings. The third kappa shape index (κ3) is 9.97. The highest BCUT2D eigenvalue weighted by Crippen LogP contribution is 2.36. The second-order valence-electron chi connectivity index (χ2n) is 13.4. The monoisotopic (exact) mass is 810 g/mol. The standard InChI is InChI=1S/C39H40ClIN2O5S/c1-38(2,3)18-15-26-9-11-28(12-10-26)31(23-27-16-19-39(41,20-17-27)37(45)42-21-22-49(4,46)47)36(44)43-33-14-13-30(24-32(33)40)35-25-29-7-5-6-8-34(29)48-35/h5-19,24-25,31H,4,20-23H2,1-3H3,(H,42,45)(H,43,44)(H,46,47)/b18-15+. The molecule has 3 unspecified atom stereocenters. The number of rotatable bonds is 11. The molecule has 49 heavy (non-hydrogen) atoms. The average molecular weight is 811 g/mol. The molecular weight excluding hydrogens is 771 g/mol. The number of carbonyl (C=O) groups is 2. The lowest BCUT2D eigenvalue weighted by atomic mass is 9.86. The lowest BCUT2D eigenvalue weighted by Gasteiger charge is -2.26. The van der Waals surface area contributed by atoms with E-state index in [4.69, 9.17) is 16.0 Å². The molecule has 7 nitrogen and oxygen atoms in total. The molecule has 3 N–H and O–H groups in total. The molecule has 1 aromatic heterocycles. The van der Waals surface area contributed by atoms with Gasteiger partial charge in [-0.15, -0.1) is 0 Å². The zero-order valence-electron chi connectivity index (χ0n) is 27.7. The zero-order valence-corrected chi connectivity index (χ0v) is 31.4. The summed E-state index contributed by atoms with van der Waals surface area (Å²) < 4.78 is 26.1. The quantitative estimate of drug-likeness (QED) is 0.0796. The minimum absolute atomic E-state index is 0.0403. The largest absolute Gasteiger partial charge is 0.456 e. The molecule has 0 radical (unpaired) electrons. The van der Waals surface area contributed by atoms with Crippen LogP contribution in [0.15, 0.2) is 107 Å². The highest BCUT2D eigenvalue weighted by atomic mass is 127. The molecule has 5 rings (SSSR count). The molecule has 0 saturated carbocycles. The van der Waals surface area contributed by atoms with E-state index in [-0.39, 0.29) is 29.5 Å². The number of alkyl halides is 1. The van der Waals surface area contributed by atoms with Crippen LogP contribution in [0.25, 0.3) is 28.4 Å². The third-order valence-electron chi connectivity index (χ3n) is 8.11. The van der Waals surface area contributed by atoms with Gasteiger partial charge in [0.2, 0.25) is 11.8 Å². The van der Waals surface area contributed by atoms with Gasteiger partial charge in [0.25, 0.3) is 0 Å². The predicted molar refractivity (Wildman–Crippen MR) is 212 cm³/mol. The Morgan fingerprint density at radius 1 is 1.12 bits per heavy atom. The zero-order chi connectivity index (χ0) is 35.4. The van der Waals surface area contributed by atoms with Gasteiger partial charge in [-0.05, 0) is 65.6 Å². The molecule has 10 heteroatoms. The highest BCUT2D eigenvalue weighted by Gasteiger charge is 2.34. The maximum absolute atomic E-state index is 14.0. The number of allylic oxidation sites excluding steroid dienone is 4. The molecule has 0 aliphatic heterocycles. The first-order valence-electron chi connectivity index (χ1n) is 15.9. The molecule has 1 aliphatic carbocycles. The van der Waals surface area contributed by atoms with E-state index < -0.39 is 19.1 Å². The van der Waals surface area contributed by atoms with Crippen molar-refractivity contribution in [3.05, 3.63) is 119 Å². The Hall–Kier alpha value is -3.64. The molecular formula is C39H40ClIN2O5S. The fourth-order valence-corrected chi connectivity index (χ4v) is 6.58. The lowest BCUT2D eigenvalue weighted by molar-refractivity contribution is -0.121. The van der Waals surface area contributed by atoms with Crippen LogP contribution in [0.2, 0.25) is 5.02 Å². The van der Waals surface area contributed by atoms with Crippen LogP contribution in [-0.4, -0.2) is 42.2 Å². The number of furan rings is 1. The molecule has 3 atom stereocenters. The Labute approximate surface area is 306 Å². The molecule has 1 aliphatic rings. The summed E-state index contributed by atoms with van der Waals surface area (Å²) in [6.45, 7) is 6.48. The molecule has 256 valence electrons. The van der Waals surface area contributed by atoms with Gasteiger partial charge in [0.05, 0.1) is 32.2 Å². The third-order valence-corrected chi connectivity index (χ3v) is 10.6. The van der Waals surface area contributed by atoms with E-state index in [0.29, 0.717) is 29.3 Å². The van der Waals surface area contributed by atoms with Crippen LogP contribution in [0.3, 0.4) is 0 Å². The average Bonchev–Trinajstić information content (AvgIpc) is 3.48. The smallest absolute Gasteiger partial charge is 0.240 e. The second kappa shape index (κ2) is 15.1. The van der Waals surface area contributed by atoms with E-state index in [1.54, 1.807) is 12.1 Å². The van der Waals surface area contributed by atoms with Gasteiger partial charge in [-0.3, -0.25) is 9.59 Å². The van der Waals surface area contributed by atoms with Crippen LogP contribution in [0.4, 0.5) is 5.69 Å². The molecule has 0 saturated heterocycles. The Kier molecular flexibility index (Phi) is 11.3. The van der Waals surface area contributed by atoms with Crippen molar-refractivity contribution >= 4 is 84.4 Å². The first kappa shape index (κ1) is 36.6. The van der Waals surface area contributed by atoms with Gasteiger partial charge >= 0.3 is 0 Å². The molecule has 2 amide bonds. The summed E-state index contributed by atoms with van der Waals surface area (Å²) >= 11 is 8.81. The second-order valence-corrected chi connectivity index (χ2v) is 17.7. The lowest BCUT2D eigenvalue weighted by Crippen LogP contribution is -2.42. The van der Waals surface area contributed by atoms with Crippen molar-refractivity contribution in [2.24, 2.45) is 5.41 Å². The number of fused-ring (bicyclic) bond motifs is 1. The van der Waals surface area contributed by atoms with Crippen molar-refractivity contribution in [3.8, 4) is 11.3 Å². The van der Waals surface area contributed by atoms with E-state index in [2.05, 4.69) is 72.0 Å². The van der Waals surface area contributed by atoms with Gasteiger partial charge in [0.1, 0.15) is 14.8 Å². The van der Waals surface area contributed by atoms with Gasteiger partial charge < -0.3 is 19.6 Å². The van der Waals surface area contributed by atoms with E-state index in [1.807, 2.05) is 78.9 Å². The van der Waals surface area contributed by atoms with Crippen LogP contribution in [0.5, 0.6) is 0 Å². The summed E-state index contributed by atoms with van der Waals surface area (Å²) in [5.41, 5.74) is 4.92. The first-order chi connectivity index (χ1) is 23.1.